The van der Waals surface area contributed by atoms with Crippen LogP contribution in [0.25, 0.3) is 0 Å². The van der Waals surface area contributed by atoms with Gasteiger partial charge in [-0.3, -0.25) is 24.3 Å². The lowest BCUT2D eigenvalue weighted by atomic mass is 9.93. The van der Waals surface area contributed by atoms with Gasteiger partial charge in [-0.1, -0.05) is 0 Å². The Hall–Kier alpha value is -3.05. The predicted molar refractivity (Wildman–Crippen MR) is 160 cm³/mol. The quantitative estimate of drug-likeness (QED) is 0.0541. The summed E-state index contributed by atoms with van der Waals surface area (Å²) in [6.07, 6.45) is -25.5. The summed E-state index contributed by atoms with van der Waals surface area (Å²) in [5.74, 6) is -1.68. The molecule has 0 saturated carbocycles. The molecule has 4 rings (SSSR count). The maximum absolute atomic E-state index is 13.3. The van der Waals surface area contributed by atoms with Gasteiger partial charge in [-0.15, -0.1) is 0 Å². The molecule has 24 heteroatoms. The molecule has 15 atom stereocenters. The van der Waals surface area contributed by atoms with E-state index in [2.05, 4.69) is 14.8 Å². The number of aliphatic hydroxyl groups excluding tert-OH is 7. The van der Waals surface area contributed by atoms with Crippen molar-refractivity contribution in [2.75, 3.05) is 13.2 Å². The van der Waals surface area contributed by atoms with Crippen LogP contribution in [0.2, 0.25) is 0 Å². The molecule has 3 heterocycles. The van der Waals surface area contributed by atoms with Crippen LogP contribution in [0.3, 0.4) is 0 Å². The Morgan fingerprint density at radius 2 is 1.41 bits per heavy atom. The van der Waals surface area contributed by atoms with Crippen LogP contribution in [-0.4, -0.2) is 171 Å². The number of nitrogens with zero attached hydrogens (tertiary/aromatic N) is 1. The highest BCUT2D eigenvalue weighted by atomic mass is 32.3. The molecule has 0 unspecified atom stereocenters. The van der Waals surface area contributed by atoms with Gasteiger partial charge in [-0.25, -0.2) is 4.18 Å². The number of nitro benzene ring substituents is 1. The number of carbonyl (C=O) groups is 2. The minimum absolute atomic E-state index is 0.114. The first-order valence-corrected chi connectivity index (χ1v) is 16.6. The molecule has 0 bridgehead atoms. The Morgan fingerprint density at radius 1 is 0.824 bits per heavy atom. The number of amides is 2. The maximum Gasteiger partial charge on any atom is 0.397 e. The van der Waals surface area contributed by atoms with Crippen LogP contribution >= 0.6 is 0 Å². The number of hydrogen-bond acceptors (Lipinski definition) is 19. The minimum atomic E-state index is -5.33. The number of ether oxygens (including phenoxy) is 5. The summed E-state index contributed by atoms with van der Waals surface area (Å²) in [7, 11) is -5.33. The highest BCUT2D eigenvalue weighted by molar-refractivity contribution is 7.80. The van der Waals surface area contributed by atoms with Crippen LogP contribution in [0.4, 0.5) is 5.69 Å². The lowest BCUT2D eigenvalue weighted by Crippen LogP contribution is -2.72. The molecule has 10 N–H and O–H groups in total. The topological polar surface area (TPSA) is 353 Å². The molecular formula is C27H39N3O20S. The van der Waals surface area contributed by atoms with Crippen molar-refractivity contribution in [3.8, 4) is 0 Å². The van der Waals surface area contributed by atoms with Gasteiger partial charge >= 0.3 is 10.4 Å². The van der Waals surface area contributed by atoms with Gasteiger partial charge < -0.3 is 70.1 Å². The van der Waals surface area contributed by atoms with E-state index in [0.29, 0.717) is 0 Å². The van der Waals surface area contributed by atoms with Gasteiger partial charge in [0.05, 0.1) is 24.2 Å². The summed E-state index contributed by atoms with van der Waals surface area (Å²) < 4.78 is 65.3. The third-order valence-corrected chi connectivity index (χ3v) is 8.77. The third-order valence-electron chi connectivity index (χ3n) is 8.30. The fraction of sp³-hybridized carbons (Fsp3) is 0.704. The molecule has 1 aromatic carbocycles. The lowest BCUT2D eigenvalue weighted by Gasteiger charge is -2.50. The van der Waals surface area contributed by atoms with Gasteiger partial charge in [0.2, 0.25) is 5.91 Å². The largest absolute Gasteiger partial charge is 0.397 e. The van der Waals surface area contributed by atoms with Crippen molar-refractivity contribution in [3.63, 3.8) is 0 Å². The second-order valence-electron chi connectivity index (χ2n) is 11.9. The van der Waals surface area contributed by atoms with E-state index in [1.807, 2.05) is 0 Å². The second-order valence-corrected chi connectivity index (χ2v) is 12.9. The van der Waals surface area contributed by atoms with Crippen LogP contribution in [0, 0.1) is 10.1 Å². The monoisotopic (exact) mass is 757 g/mol. The van der Waals surface area contributed by atoms with Crippen molar-refractivity contribution in [1.29, 1.82) is 0 Å². The highest BCUT2D eigenvalue weighted by Crippen LogP contribution is 2.34. The standard InChI is InChI=1S/C27H39N3O20S/c1-9-16(34)18(36)19(37)26(45-9)49-22-15(28-10(2)33)25(29-24(39)11-3-5-12(6-4-11)30(40)41)46-14(8-32)21(22)48-27-20(38)23(50-51(42,43)44)17(35)13(7-31)47-27/h3-6,9,13-23,25-27,31-32,34-38H,7-8H2,1-2H3,(H,28,33)(H,29,39)(H,42,43,44)/t9-,13+,14+,15+,16+,17-,18+,19-,20+,21+,22+,23-,25+,26-,27-/m0/s1. The van der Waals surface area contributed by atoms with Crippen molar-refractivity contribution in [3.05, 3.63) is 39.9 Å². The average molecular weight is 758 g/mol. The van der Waals surface area contributed by atoms with Gasteiger partial charge in [0.25, 0.3) is 11.6 Å². The van der Waals surface area contributed by atoms with Crippen LogP contribution in [-0.2, 0) is 43.1 Å². The van der Waals surface area contributed by atoms with Crippen LogP contribution in [0.1, 0.15) is 24.2 Å². The Bertz CT molecular complexity index is 1490. The van der Waals surface area contributed by atoms with E-state index in [1.54, 1.807) is 0 Å². The van der Waals surface area contributed by atoms with Crippen LogP contribution < -0.4 is 10.6 Å². The number of hydrogen-bond donors (Lipinski definition) is 10. The van der Waals surface area contributed by atoms with Gasteiger partial charge in [-0.2, -0.15) is 8.42 Å². The molecule has 51 heavy (non-hydrogen) atoms. The summed E-state index contributed by atoms with van der Waals surface area (Å²) in [5.41, 5.74) is -0.443. The summed E-state index contributed by atoms with van der Waals surface area (Å²) >= 11 is 0. The van der Waals surface area contributed by atoms with Gasteiger partial charge in [0, 0.05) is 24.6 Å². The lowest BCUT2D eigenvalue weighted by molar-refractivity contribution is -0.384. The number of benzene rings is 1. The second kappa shape index (κ2) is 16.7. The van der Waals surface area contributed by atoms with E-state index in [-0.39, 0.29) is 11.3 Å². The van der Waals surface area contributed by atoms with Crippen LogP contribution in [0.15, 0.2) is 24.3 Å². The number of nitro groups is 1. The molecule has 0 spiro atoms. The molecule has 0 radical (unpaired) electrons. The molecule has 3 aliphatic heterocycles. The molecule has 2 amide bonds. The molecule has 1 aromatic rings. The van der Waals surface area contributed by atoms with Crippen molar-refractivity contribution in [2.24, 2.45) is 0 Å². The van der Waals surface area contributed by atoms with E-state index in [1.165, 1.54) is 6.92 Å². The Labute approximate surface area is 288 Å². The Kier molecular flexibility index (Phi) is 13.4. The fourth-order valence-electron chi connectivity index (χ4n) is 5.73. The fourth-order valence-corrected chi connectivity index (χ4v) is 6.24. The summed E-state index contributed by atoms with van der Waals surface area (Å²) in [4.78, 5) is 36.1. The number of carbonyl (C=O) groups excluding carboxylic acids is 2. The van der Waals surface area contributed by atoms with Crippen LogP contribution in [0.5, 0.6) is 0 Å². The molecule has 3 fully saturated rings. The van der Waals surface area contributed by atoms with E-state index in [9.17, 15) is 68.4 Å². The van der Waals surface area contributed by atoms with E-state index in [4.69, 9.17) is 23.7 Å². The number of non-ortho nitro benzene ring substituents is 1. The van der Waals surface area contributed by atoms with Crippen molar-refractivity contribution in [1.82, 2.24) is 10.6 Å². The van der Waals surface area contributed by atoms with Gasteiger partial charge in [-0.05, 0) is 19.1 Å². The van der Waals surface area contributed by atoms with E-state index >= 15 is 0 Å². The SMILES string of the molecule is CC(=O)N[C@@H]1[C@@H](O[C@@H]2O[C@@H](C)[C@@H](O)[C@@H](O)[C@@H]2O)[C@H](O[C@@H]2O[C@H](CO)[C@H](O)[C@H](OS(=O)(=O)O)[C@H]2O)[C@@H](CO)O[C@H]1NC(=O)c1ccc([N+](=O)[O-])cc1. The Morgan fingerprint density at radius 3 is 1.96 bits per heavy atom. The maximum atomic E-state index is 13.3. The Balaban J connectivity index is 1.74. The molecule has 23 nitrogen and oxygen atoms in total. The van der Waals surface area contributed by atoms with Crippen molar-refractivity contribution < 1.29 is 91.1 Å². The van der Waals surface area contributed by atoms with Gasteiger partial charge in [0.1, 0.15) is 67.1 Å². The number of nitrogens with one attached hydrogen (secondary N) is 2. The zero-order chi connectivity index (χ0) is 37.9. The molecule has 3 aliphatic rings. The first kappa shape index (κ1) is 40.7. The summed E-state index contributed by atoms with van der Waals surface area (Å²) in [5, 5.41) is 88.9. The van der Waals surface area contributed by atoms with Gasteiger partial charge in [0.15, 0.2) is 18.8 Å². The zero-order valence-corrected chi connectivity index (χ0v) is 27.5. The number of rotatable bonds is 12. The van der Waals surface area contributed by atoms with Crippen molar-refractivity contribution >= 4 is 27.9 Å². The number of aliphatic hydroxyl groups is 7. The zero-order valence-electron chi connectivity index (χ0n) is 26.7. The molecule has 0 aliphatic carbocycles. The third kappa shape index (κ3) is 9.50. The molecule has 3 saturated heterocycles. The smallest absolute Gasteiger partial charge is 0.394 e. The van der Waals surface area contributed by atoms with Crippen molar-refractivity contribution in [2.45, 2.75) is 106 Å². The first-order chi connectivity index (χ1) is 23.9. The minimum Gasteiger partial charge on any atom is -0.394 e. The first-order valence-electron chi connectivity index (χ1n) is 15.2. The molecule has 0 aromatic heterocycles. The molecular weight excluding hydrogens is 718 g/mol. The van der Waals surface area contributed by atoms with E-state index < -0.39 is 132 Å². The van der Waals surface area contributed by atoms with E-state index in [0.717, 1.165) is 31.2 Å². The molecule has 288 valence electrons. The average Bonchev–Trinajstić information content (AvgIpc) is 3.07. The normalized spacial score (nSPS) is 38.8. The summed E-state index contributed by atoms with van der Waals surface area (Å²) in [6.45, 7) is 0.389. The summed E-state index contributed by atoms with van der Waals surface area (Å²) in [6, 6.07) is 2.74. The highest BCUT2D eigenvalue weighted by Gasteiger charge is 2.55. The predicted octanol–water partition coefficient (Wildman–Crippen LogP) is -5.23.